The van der Waals surface area contributed by atoms with E-state index in [2.05, 4.69) is 0 Å². The molecule has 0 aliphatic rings. The monoisotopic (exact) mass is 250 g/mol. The van der Waals surface area contributed by atoms with Crippen LogP contribution < -0.4 is 11.1 Å². The minimum Gasteiger partial charge on any atom is -0.433 e. The quantitative estimate of drug-likeness (QED) is 0.847. The second kappa shape index (κ2) is 5.81. The van der Waals surface area contributed by atoms with Crippen LogP contribution in [0.3, 0.4) is 0 Å². The van der Waals surface area contributed by atoms with E-state index in [0.29, 0.717) is 5.56 Å². The number of nitrogens with two attached hydrogens (primary N) is 1. The maximum atomic E-state index is 11.5. The molecule has 0 aliphatic carbocycles. The van der Waals surface area contributed by atoms with Crippen molar-refractivity contribution >= 4 is 17.9 Å². The van der Waals surface area contributed by atoms with Crippen molar-refractivity contribution in [1.82, 2.24) is 5.32 Å². The first-order valence-electron chi connectivity index (χ1n) is 5.24. The number of hydrogen-bond acceptors (Lipinski definition) is 4. The van der Waals surface area contributed by atoms with E-state index in [4.69, 9.17) is 10.5 Å². The van der Waals surface area contributed by atoms with Crippen LogP contribution in [0.5, 0.6) is 0 Å². The molecule has 0 fully saturated rings. The lowest BCUT2D eigenvalue weighted by Gasteiger charge is -2.15. The molecule has 3 amide bonds. The summed E-state index contributed by atoms with van der Waals surface area (Å²) in [5.74, 6) is -0.347. The Morgan fingerprint density at radius 3 is 2.50 bits per heavy atom. The lowest BCUT2D eigenvalue weighted by molar-refractivity contribution is -0.125. The molecule has 96 valence electrons. The van der Waals surface area contributed by atoms with Crippen molar-refractivity contribution in [3.8, 4) is 0 Å². The number of benzene rings is 1. The van der Waals surface area contributed by atoms with Gasteiger partial charge in [-0.05, 0) is 13.8 Å². The number of alkyl carbamates (subject to hydrolysis) is 1. The second-order valence-corrected chi connectivity index (χ2v) is 3.80. The Morgan fingerprint density at radius 2 is 2.00 bits per heavy atom. The summed E-state index contributed by atoms with van der Waals surface area (Å²) in [5, 5.41) is 1.74. The van der Waals surface area contributed by atoms with Gasteiger partial charge in [0.1, 0.15) is 0 Å². The second-order valence-electron chi connectivity index (χ2n) is 3.80. The average molecular weight is 250 g/mol. The van der Waals surface area contributed by atoms with Gasteiger partial charge in [-0.3, -0.25) is 4.79 Å². The number of primary amides is 1. The minimum atomic E-state index is -1.05. The predicted molar refractivity (Wildman–Crippen MR) is 63.8 cm³/mol. The zero-order chi connectivity index (χ0) is 13.7. The highest BCUT2D eigenvalue weighted by atomic mass is 16.6. The van der Waals surface area contributed by atoms with Gasteiger partial charge in [0.2, 0.25) is 0 Å². The molecule has 0 aromatic heterocycles. The number of imide groups is 1. The third kappa shape index (κ3) is 3.89. The highest BCUT2D eigenvalue weighted by Gasteiger charge is 2.22. The summed E-state index contributed by atoms with van der Waals surface area (Å²) in [6.07, 6.45) is -2.10. The Hall–Kier alpha value is -2.37. The van der Waals surface area contributed by atoms with Crippen LogP contribution in [0.15, 0.2) is 24.3 Å². The summed E-state index contributed by atoms with van der Waals surface area (Å²) in [4.78, 5) is 33.2. The third-order valence-corrected chi connectivity index (χ3v) is 2.16. The molecule has 0 spiro atoms. The van der Waals surface area contributed by atoms with E-state index in [-0.39, 0.29) is 5.78 Å². The van der Waals surface area contributed by atoms with Gasteiger partial charge in [-0.25, -0.2) is 14.9 Å². The number of carbonyl (C=O) groups excluding carboxylic acids is 3. The van der Waals surface area contributed by atoms with Crippen molar-refractivity contribution in [3.63, 3.8) is 0 Å². The lowest BCUT2D eigenvalue weighted by Crippen LogP contribution is -2.36. The SMILES string of the molecule is CC(=O)C(OC(=O)NC(N)=O)c1cccc(C)c1. The normalized spacial score (nSPS) is 11.4. The number of rotatable bonds is 3. The van der Waals surface area contributed by atoms with E-state index in [1.54, 1.807) is 23.5 Å². The number of ketones is 1. The molecule has 1 atom stereocenters. The maximum Gasteiger partial charge on any atom is 0.416 e. The molecule has 3 N–H and O–H groups in total. The van der Waals surface area contributed by atoms with E-state index in [1.807, 2.05) is 13.0 Å². The van der Waals surface area contributed by atoms with E-state index in [9.17, 15) is 14.4 Å². The van der Waals surface area contributed by atoms with Gasteiger partial charge in [-0.15, -0.1) is 0 Å². The van der Waals surface area contributed by atoms with E-state index in [0.717, 1.165) is 5.56 Å². The number of amides is 3. The number of urea groups is 1. The molecular formula is C12H14N2O4. The van der Waals surface area contributed by atoms with Crippen LogP contribution in [0.25, 0.3) is 0 Å². The predicted octanol–water partition coefficient (Wildman–Crippen LogP) is 1.43. The fourth-order valence-corrected chi connectivity index (χ4v) is 1.46. The van der Waals surface area contributed by atoms with Crippen molar-refractivity contribution in [2.75, 3.05) is 0 Å². The molecular weight excluding hydrogens is 236 g/mol. The van der Waals surface area contributed by atoms with Crippen molar-refractivity contribution in [2.24, 2.45) is 5.73 Å². The summed E-state index contributed by atoms with van der Waals surface area (Å²) >= 11 is 0. The van der Waals surface area contributed by atoms with Crippen molar-refractivity contribution in [3.05, 3.63) is 35.4 Å². The van der Waals surface area contributed by atoms with Crippen LogP contribution in [0, 0.1) is 6.92 Å². The van der Waals surface area contributed by atoms with Crippen LogP contribution in [0.1, 0.15) is 24.2 Å². The first kappa shape index (κ1) is 13.7. The highest BCUT2D eigenvalue weighted by molar-refractivity contribution is 5.91. The van der Waals surface area contributed by atoms with Gasteiger partial charge in [0.05, 0.1) is 0 Å². The molecule has 0 radical (unpaired) electrons. The minimum absolute atomic E-state index is 0.347. The van der Waals surface area contributed by atoms with Gasteiger partial charge < -0.3 is 10.5 Å². The number of aryl methyl sites for hydroxylation is 1. The number of carbonyl (C=O) groups is 3. The molecule has 1 aromatic carbocycles. The molecule has 6 nitrogen and oxygen atoms in total. The lowest BCUT2D eigenvalue weighted by atomic mass is 10.0. The van der Waals surface area contributed by atoms with Crippen molar-refractivity contribution in [1.29, 1.82) is 0 Å². The Bertz CT molecular complexity index is 485. The third-order valence-electron chi connectivity index (χ3n) is 2.16. The molecule has 6 heteroatoms. The first-order chi connectivity index (χ1) is 8.40. The Labute approximate surface area is 104 Å². The van der Waals surface area contributed by atoms with E-state index < -0.39 is 18.2 Å². The van der Waals surface area contributed by atoms with Crippen molar-refractivity contribution in [2.45, 2.75) is 20.0 Å². The fraction of sp³-hybridized carbons (Fsp3) is 0.250. The number of Topliss-reactive ketones (excluding diaryl/α,β-unsaturated/α-hetero) is 1. The van der Waals surface area contributed by atoms with E-state index >= 15 is 0 Å². The van der Waals surface area contributed by atoms with Gasteiger partial charge in [0.15, 0.2) is 11.9 Å². The molecule has 18 heavy (non-hydrogen) atoms. The number of hydrogen-bond donors (Lipinski definition) is 2. The summed E-state index contributed by atoms with van der Waals surface area (Å²) in [5.41, 5.74) is 6.24. The van der Waals surface area contributed by atoms with Crippen molar-refractivity contribution < 1.29 is 19.1 Å². The fourth-order valence-electron chi connectivity index (χ4n) is 1.46. The molecule has 0 bridgehead atoms. The Morgan fingerprint density at radius 1 is 1.33 bits per heavy atom. The average Bonchev–Trinajstić information content (AvgIpc) is 2.24. The van der Waals surface area contributed by atoms with Gasteiger partial charge >= 0.3 is 12.1 Å². The molecule has 1 rings (SSSR count). The maximum absolute atomic E-state index is 11.5. The summed E-state index contributed by atoms with van der Waals surface area (Å²) < 4.78 is 4.86. The molecule has 0 aliphatic heterocycles. The summed E-state index contributed by atoms with van der Waals surface area (Å²) in [6, 6.07) is 5.95. The van der Waals surface area contributed by atoms with E-state index in [1.165, 1.54) is 6.92 Å². The van der Waals surface area contributed by atoms with Crippen LogP contribution in [0.4, 0.5) is 9.59 Å². The molecule has 1 aromatic rings. The Kier molecular flexibility index (Phi) is 4.42. The van der Waals surface area contributed by atoms with Gasteiger partial charge in [-0.1, -0.05) is 29.8 Å². The zero-order valence-corrected chi connectivity index (χ0v) is 10.1. The Balaban J connectivity index is 2.87. The zero-order valence-electron chi connectivity index (χ0n) is 10.1. The number of ether oxygens (including phenoxy) is 1. The molecule has 0 saturated heterocycles. The summed E-state index contributed by atoms with van der Waals surface area (Å²) in [7, 11) is 0. The topological polar surface area (TPSA) is 98.5 Å². The van der Waals surface area contributed by atoms with Gasteiger partial charge in [-0.2, -0.15) is 0 Å². The highest BCUT2D eigenvalue weighted by Crippen LogP contribution is 2.19. The van der Waals surface area contributed by atoms with Gasteiger partial charge in [0.25, 0.3) is 0 Å². The van der Waals surface area contributed by atoms with Crippen LogP contribution in [-0.4, -0.2) is 17.9 Å². The smallest absolute Gasteiger partial charge is 0.416 e. The van der Waals surface area contributed by atoms with Crippen LogP contribution >= 0.6 is 0 Å². The number of nitrogens with one attached hydrogen (secondary N) is 1. The van der Waals surface area contributed by atoms with Crippen LogP contribution in [0.2, 0.25) is 0 Å². The first-order valence-corrected chi connectivity index (χ1v) is 5.24. The standard InChI is InChI=1S/C12H14N2O4/c1-7-4-3-5-9(6-7)10(8(2)15)18-12(17)14-11(13)16/h3-6,10H,1-2H3,(H3,13,14,16,17). The molecule has 0 saturated carbocycles. The van der Waals surface area contributed by atoms with Gasteiger partial charge in [0, 0.05) is 5.56 Å². The molecule has 0 heterocycles. The summed E-state index contributed by atoms with van der Waals surface area (Å²) in [6.45, 7) is 3.15. The molecule has 1 unspecified atom stereocenters. The van der Waals surface area contributed by atoms with Crippen LogP contribution in [-0.2, 0) is 9.53 Å². The largest absolute Gasteiger partial charge is 0.433 e.